The average Bonchev–Trinajstić information content (AvgIpc) is 1.80. The number of carbonyl (C=O) groups is 1. The standard InChI is InChI=1S/C4HF7O2.FH/c5-2(1(12)13,3(6,7)8)4(9,10)11;/h(H,12,13);1H. The first-order chi connectivity index (χ1) is 5.44. The van der Waals surface area contributed by atoms with Gasteiger partial charge in [-0.1, -0.05) is 0 Å². The van der Waals surface area contributed by atoms with E-state index in [4.69, 9.17) is 5.11 Å². The van der Waals surface area contributed by atoms with E-state index < -0.39 is 24.0 Å². The molecule has 0 saturated heterocycles. The lowest BCUT2D eigenvalue weighted by Crippen LogP contribution is -2.58. The van der Waals surface area contributed by atoms with Crippen LogP contribution in [0.2, 0.25) is 0 Å². The van der Waals surface area contributed by atoms with Gasteiger partial charge in [0, 0.05) is 0 Å². The Balaban J connectivity index is 0. The van der Waals surface area contributed by atoms with E-state index in [1.54, 1.807) is 0 Å². The highest BCUT2D eigenvalue weighted by Crippen LogP contribution is 2.46. The van der Waals surface area contributed by atoms with Crippen molar-refractivity contribution in [3.63, 3.8) is 0 Å². The number of hydrogen-bond acceptors (Lipinski definition) is 1. The Hall–Kier alpha value is -1.09. The molecular formula is C4H2F8O2. The molecule has 0 aromatic rings. The van der Waals surface area contributed by atoms with Crippen LogP contribution in [0.1, 0.15) is 0 Å². The van der Waals surface area contributed by atoms with Crippen molar-refractivity contribution in [2.75, 3.05) is 0 Å². The van der Waals surface area contributed by atoms with E-state index in [1.165, 1.54) is 0 Å². The summed E-state index contributed by atoms with van der Waals surface area (Å²) in [6.45, 7) is 0. The van der Waals surface area contributed by atoms with Gasteiger partial charge in [-0.05, 0) is 0 Å². The minimum Gasteiger partial charge on any atom is -0.478 e. The van der Waals surface area contributed by atoms with Gasteiger partial charge in [0.1, 0.15) is 0 Å². The van der Waals surface area contributed by atoms with Crippen LogP contribution in [0, 0.1) is 0 Å². The molecule has 0 aromatic heterocycles. The van der Waals surface area contributed by atoms with Gasteiger partial charge in [-0.25, -0.2) is 9.18 Å². The van der Waals surface area contributed by atoms with Crippen molar-refractivity contribution in [1.82, 2.24) is 0 Å². The molecule has 0 atom stereocenters. The fraction of sp³-hybridized carbons (Fsp3) is 0.750. The van der Waals surface area contributed by atoms with Crippen LogP contribution < -0.4 is 0 Å². The lowest BCUT2D eigenvalue weighted by atomic mass is 10.1. The molecule has 0 aliphatic rings. The Kier molecular flexibility index (Phi) is 3.93. The Bertz CT molecular complexity index is 200. The van der Waals surface area contributed by atoms with E-state index in [1.807, 2.05) is 0 Å². The zero-order valence-electron chi connectivity index (χ0n) is 5.91. The topological polar surface area (TPSA) is 37.3 Å². The maximum atomic E-state index is 12.1. The molecule has 0 aliphatic heterocycles. The molecule has 0 amide bonds. The number of halogens is 8. The molecule has 0 aromatic carbocycles. The van der Waals surface area contributed by atoms with Gasteiger partial charge in [0.2, 0.25) is 0 Å². The summed E-state index contributed by atoms with van der Waals surface area (Å²) in [5, 5.41) is 7.49. The lowest BCUT2D eigenvalue weighted by molar-refractivity contribution is -0.331. The summed E-state index contributed by atoms with van der Waals surface area (Å²) in [5.74, 6) is -3.63. The molecule has 86 valence electrons. The van der Waals surface area contributed by atoms with Crippen molar-refractivity contribution >= 4 is 5.97 Å². The second-order valence-corrected chi connectivity index (χ2v) is 1.96. The van der Waals surface area contributed by atoms with Crippen LogP contribution >= 0.6 is 0 Å². The van der Waals surface area contributed by atoms with Gasteiger partial charge in [0.05, 0.1) is 0 Å². The zero-order valence-corrected chi connectivity index (χ0v) is 5.91. The van der Waals surface area contributed by atoms with Gasteiger partial charge in [0.15, 0.2) is 0 Å². The molecule has 0 unspecified atom stereocenters. The van der Waals surface area contributed by atoms with Crippen molar-refractivity contribution < 1.29 is 45.3 Å². The van der Waals surface area contributed by atoms with Crippen molar-refractivity contribution in [1.29, 1.82) is 0 Å². The summed E-state index contributed by atoms with van der Waals surface area (Å²) < 4.78 is 80.3. The number of aliphatic carboxylic acids is 1. The minimum absolute atomic E-state index is 0. The minimum atomic E-state index is -6.53. The third-order valence-electron chi connectivity index (χ3n) is 1.08. The monoisotopic (exact) mass is 234 g/mol. The van der Waals surface area contributed by atoms with E-state index in [-0.39, 0.29) is 4.70 Å². The zero-order chi connectivity index (χ0) is 11.1. The van der Waals surface area contributed by atoms with Gasteiger partial charge in [-0.3, -0.25) is 4.70 Å². The fourth-order valence-corrected chi connectivity index (χ4v) is 0.403. The molecular weight excluding hydrogens is 232 g/mol. The normalized spacial score (nSPS) is 13.4. The smallest absolute Gasteiger partial charge is 0.442 e. The van der Waals surface area contributed by atoms with E-state index >= 15 is 0 Å². The van der Waals surface area contributed by atoms with Crippen molar-refractivity contribution in [2.45, 2.75) is 18.0 Å². The number of carboxylic acids is 1. The third kappa shape index (κ3) is 2.04. The van der Waals surface area contributed by atoms with Crippen LogP contribution in [-0.2, 0) is 4.79 Å². The summed E-state index contributed by atoms with van der Waals surface area (Å²) >= 11 is 0. The molecule has 0 bridgehead atoms. The van der Waals surface area contributed by atoms with Crippen LogP contribution in [0.25, 0.3) is 0 Å². The van der Waals surface area contributed by atoms with Gasteiger partial charge in [-0.15, -0.1) is 0 Å². The Morgan fingerprint density at radius 1 is 0.857 bits per heavy atom. The molecule has 0 saturated carbocycles. The lowest BCUT2D eigenvalue weighted by Gasteiger charge is -2.25. The first-order valence-electron chi connectivity index (χ1n) is 2.50. The van der Waals surface area contributed by atoms with Crippen molar-refractivity contribution in [3.05, 3.63) is 0 Å². The molecule has 0 spiro atoms. The molecule has 1 N–H and O–H groups in total. The van der Waals surface area contributed by atoms with Gasteiger partial charge < -0.3 is 5.11 Å². The number of carboxylic acid groups (broad SMARTS) is 1. The molecule has 0 heterocycles. The predicted molar refractivity (Wildman–Crippen MR) is 26.1 cm³/mol. The van der Waals surface area contributed by atoms with Gasteiger partial charge >= 0.3 is 24.0 Å². The van der Waals surface area contributed by atoms with Crippen molar-refractivity contribution in [3.8, 4) is 0 Å². The van der Waals surface area contributed by atoms with Crippen LogP contribution in [0.4, 0.5) is 35.4 Å². The van der Waals surface area contributed by atoms with Crippen LogP contribution in [0.5, 0.6) is 0 Å². The molecule has 14 heavy (non-hydrogen) atoms. The van der Waals surface area contributed by atoms with Crippen LogP contribution in [0.3, 0.4) is 0 Å². The fourth-order valence-electron chi connectivity index (χ4n) is 0.403. The van der Waals surface area contributed by atoms with E-state index in [9.17, 15) is 35.5 Å². The highest BCUT2D eigenvalue weighted by Gasteiger charge is 2.78. The first-order valence-corrected chi connectivity index (χ1v) is 2.50. The predicted octanol–water partition coefficient (Wildman–Crippen LogP) is 2.06. The molecule has 2 nitrogen and oxygen atoms in total. The Morgan fingerprint density at radius 2 is 1.07 bits per heavy atom. The molecule has 0 fully saturated rings. The third-order valence-corrected chi connectivity index (χ3v) is 1.08. The summed E-state index contributed by atoms with van der Waals surface area (Å²) in [7, 11) is 0. The molecule has 0 radical (unpaired) electrons. The number of rotatable bonds is 1. The van der Waals surface area contributed by atoms with Crippen molar-refractivity contribution in [2.24, 2.45) is 0 Å². The summed E-state index contributed by atoms with van der Waals surface area (Å²) in [6, 6.07) is 0. The highest BCUT2D eigenvalue weighted by molar-refractivity contribution is 5.79. The SMILES string of the molecule is F.O=C(O)C(F)(C(F)(F)F)C(F)(F)F. The van der Waals surface area contributed by atoms with E-state index in [0.29, 0.717) is 0 Å². The van der Waals surface area contributed by atoms with Crippen LogP contribution in [0.15, 0.2) is 0 Å². The molecule has 0 rings (SSSR count). The molecule has 0 aliphatic carbocycles. The highest BCUT2D eigenvalue weighted by atomic mass is 19.4. The largest absolute Gasteiger partial charge is 0.478 e. The van der Waals surface area contributed by atoms with Gasteiger partial charge in [-0.2, -0.15) is 26.3 Å². The summed E-state index contributed by atoms with van der Waals surface area (Å²) in [6.07, 6.45) is -13.1. The molecule has 10 heteroatoms. The second kappa shape index (κ2) is 3.58. The van der Waals surface area contributed by atoms with E-state index in [2.05, 4.69) is 0 Å². The van der Waals surface area contributed by atoms with E-state index in [0.717, 1.165) is 0 Å². The maximum absolute atomic E-state index is 12.1. The first kappa shape index (κ1) is 15.4. The summed E-state index contributed by atoms with van der Waals surface area (Å²) in [4.78, 5) is 9.50. The van der Waals surface area contributed by atoms with Gasteiger partial charge in [0.25, 0.3) is 0 Å². The Labute approximate surface area is 70.7 Å². The Morgan fingerprint density at radius 3 is 1.07 bits per heavy atom. The average molecular weight is 234 g/mol. The van der Waals surface area contributed by atoms with Crippen LogP contribution in [-0.4, -0.2) is 29.1 Å². The number of hydrogen-bond donors (Lipinski definition) is 1. The number of alkyl halides is 7. The maximum Gasteiger partial charge on any atom is 0.442 e. The summed E-state index contributed by atoms with van der Waals surface area (Å²) in [5.41, 5.74) is -6.21. The second-order valence-electron chi connectivity index (χ2n) is 1.96. The quantitative estimate of drug-likeness (QED) is 0.705.